The average molecular weight is 255 g/mol. The van der Waals surface area contributed by atoms with Gasteiger partial charge in [0.2, 0.25) is 0 Å². The average Bonchev–Trinajstić information content (AvgIpc) is 2.82. The van der Waals surface area contributed by atoms with Gasteiger partial charge < -0.3 is 5.32 Å². The van der Waals surface area contributed by atoms with Crippen molar-refractivity contribution in [1.82, 2.24) is 15.8 Å². The minimum absolute atomic E-state index is 0.258. The Morgan fingerprint density at radius 2 is 2.18 bits per heavy atom. The first kappa shape index (κ1) is 13.5. The van der Waals surface area contributed by atoms with E-state index in [2.05, 4.69) is 10.7 Å². The van der Waals surface area contributed by atoms with Crippen LogP contribution in [0.3, 0.4) is 0 Å². The highest BCUT2D eigenvalue weighted by Gasteiger charge is 2.15. The summed E-state index contributed by atoms with van der Waals surface area (Å²) in [6, 6.07) is 1.44. The predicted octanol–water partition coefficient (Wildman–Crippen LogP) is 1.83. The van der Waals surface area contributed by atoms with Crippen LogP contribution in [0.4, 0.5) is 4.79 Å². The van der Waals surface area contributed by atoms with Gasteiger partial charge in [-0.25, -0.2) is 9.80 Å². The maximum Gasteiger partial charge on any atom is 0.336 e. The van der Waals surface area contributed by atoms with Gasteiger partial charge in [0, 0.05) is 18.5 Å². The molecule has 0 saturated carbocycles. The van der Waals surface area contributed by atoms with E-state index >= 15 is 0 Å². The van der Waals surface area contributed by atoms with Gasteiger partial charge >= 0.3 is 6.03 Å². The first-order valence-corrected chi connectivity index (χ1v) is 6.51. The Kier molecular flexibility index (Phi) is 5.48. The van der Waals surface area contributed by atoms with Crippen LogP contribution >= 0.6 is 11.3 Å². The predicted molar refractivity (Wildman–Crippen MR) is 67.9 cm³/mol. The molecule has 0 aromatic carbocycles. The summed E-state index contributed by atoms with van der Waals surface area (Å²) in [6.07, 6.45) is 0.779. The maximum atomic E-state index is 11.8. The van der Waals surface area contributed by atoms with Crippen LogP contribution in [0, 0.1) is 0 Å². The molecule has 1 rings (SSSR count). The second-order valence-corrected chi connectivity index (χ2v) is 4.22. The Morgan fingerprint density at radius 1 is 1.41 bits per heavy atom. The van der Waals surface area contributed by atoms with Crippen molar-refractivity contribution in [2.24, 2.45) is 0 Å². The van der Waals surface area contributed by atoms with Crippen LogP contribution in [-0.4, -0.2) is 30.0 Å². The van der Waals surface area contributed by atoms with Crippen LogP contribution < -0.4 is 10.7 Å². The van der Waals surface area contributed by atoms with E-state index < -0.39 is 0 Å². The van der Waals surface area contributed by atoms with Crippen molar-refractivity contribution in [1.29, 1.82) is 0 Å². The Hall–Kier alpha value is -1.56. The Balaban J connectivity index is 2.60. The molecule has 0 saturated heterocycles. The zero-order valence-electron chi connectivity index (χ0n) is 10.0. The summed E-state index contributed by atoms with van der Waals surface area (Å²) in [6.45, 7) is 4.81. The monoisotopic (exact) mass is 255 g/mol. The number of carbonyl (C=O) groups is 2. The first-order chi connectivity index (χ1) is 8.19. The molecule has 0 aliphatic heterocycles. The van der Waals surface area contributed by atoms with Gasteiger partial charge in [0.05, 0.1) is 5.56 Å². The molecule has 2 N–H and O–H groups in total. The summed E-state index contributed by atoms with van der Waals surface area (Å²) in [5.74, 6) is -0.258. The number of carbonyl (C=O) groups excluding carboxylic acids is 2. The summed E-state index contributed by atoms with van der Waals surface area (Å²) in [5.41, 5.74) is 3.16. The van der Waals surface area contributed by atoms with Gasteiger partial charge in [-0.2, -0.15) is 11.3 Å². The van der Waals surface area contributed by atoms with Crippen molar-refractivity contribution in [3.8, 4) is 0 Å². The number of urea groups is 1. The second-order valence-electron chi connectivity index (χ2n) is 3.44. The molecule has 0 aliphatic carbocycles. The number of amides is 3. The molecule has 0 spiro atoms. The van der Waals surface area contributed by atoms with E-state index in [1.54, 1.807) is 11.4 Å². The second kappa shape index (κ2) is 6.90. The van der Waals surface area contributed by atoms with E-state index in [-0.39, 0.29) is 11.9 Å². The van der Waals surface area contributed by atoms with Crippen molar-refractivity contribution in [2.45, 2.75) is 20.3 Å². The summed E-state index contributed by atoms with van der Waals surface area (Å²) in [5, 5.41) is 7.54. The van der Waals surface area contributed by atoms with Crippen LogP contribution in [0.25, 0.3) is 0 Å². The zero-order valence-corrected chi connectivity index (χ0v) is 10.8. The molecular weight excluding hydrogens is 238 g/mol. The number of nitrogens with zero attached hydrogens (tertiary/aromatic N) is 1. The first-order valence-electron chi connectivity index (χ1n) is 5.57. The third kappa shape index (κ3) is 4.07. The summed E-state index contributed by atoms with van der Waals surface area (Å²) >= 11 is 1.45. The number of hydrazine groups is 1. The summed E-state index contributed by atoms with van der Waals surface area (Å²) in [4.78, 5) is 23.4. The van der Waals surface area contributed by atoms with Crippen molar-refractivity contribution < 1.29 is 9.59 Å². The van der Waals surface area contributed by atoms with Gasteiger partial charge in [-0.15, -0.1) is 0 Å². The molecule has 17 heavy (non-hydrogen) atoms. The van der Waals surface area contributed by atoms with Gasteiger partial charge in [0.15, 0.2) is 0 Å². The fourth-order valence-corrected chi connectivity index (χ4v) is 1.90. The normalized spacial score (nSPS) is 9.76. The van der Waals surface area contributed by atoms with Crippen LogP contribution in [0.15, 0.2) is 16.8 Å². The lowest BCUT2D eigenvalue weighted by atomic mass is 10.3. The fraction of sp³-hybridized carbons (Fsp3) is 0.455. The standard InChI is InChI=1S/C11H17N3O2S/c1-3-6-14(11(16)12-4-2)13-10(15)9-5-7-17-8-9/h5,7-8H,3-4,6H2,1-2H3,(H,12,16)(H,13,15). The van der Waals surface area contributed by atoms with Gasteiger partial charge in [-0.1, -0.05) is 6.92 Å². The Bertz CT molecular complexity index is 365. The van der Waals surface area contributed by atoms with E-state index in [4.69, 9.17) is 0 Å². The number of hydrogen-bond donors (Lipinski definition) is 2. The third-order valence-electron chi connectivity index (χ3n) is 2.04. The van der Waals surface area contributed by atoms with Gasteiger partial charge in [0.1, 0.15) is 0 Å². The quantitative estimate of drug-likeness (QED) is 0.806. The Morgan fingerprint density at radius 3 is 2.71 bits per heavy atom. The number of hydrogen-bond acceptors (Lipinski definition) is 3. The molecule has 0 radical (unpaired) electrons. The van der Waals surface area contributed by atoms with E-state index in [9.17, 15) is 9.59 Å². The Labute approximate surface area is 105 Å². The SMILES string of the molecule is CCCN(NC(=O)c1ccsc1)C(=O)NCC. The van der Waals surface area contributed by atoms with Crippen LogP contribution in [0.2, 0.25) is 0 Å². The van der Waals surface area contributed by atoms with E-state index in [1.807, 2.05) is 19.2 Å². The number of thiophene rings is 1. The summed E-state index contributed by atoms with van der Waals surface area (Å²) in [7, 11) is 0. The van der Waals surface area contributed by atoms with Crippen LogP contribution in [0.1, 0.15) is 30.6 Å². The minimum Gasteiger partial charge on any atom is -0.337 e. The summed E-state index contributed by atoms with van der Waals surface area (Å²) < 4.78 is 0. The highest BCUT2D eigenvalue weighted by atomic mass is 32.1. The van der Waals surface area contributed by atoms with Crippen molar-refractivity contribution in [2.75, 3.05) is 13.1 Å². The maximum absolute atomic E-state index is 11.8. The molecule has 1 heterocycles. The van der Waals surface area contributed by atoms with E-state index in [0.717, 1.165) is 6.42 Å². The number of rotatable bonds is 4. The molecule has 5 nitrogen and oxygen atoms in total. The minimum atomic E-state index is -0.280. The molecule has 1 aromatic heterocycles. The molecule has 0 unspecified atom stereocenters. The van der Waals surface area contributed by atoms with E-state index in [1.165, 1.54) is 16.3 Å². The topological polar surface area (TPSA) is 61.4 Å². The van der Waals surface area contributed by atoms with Gasteiger partial charge in [-0.05, 0) is 24.8 Å². The zero-order chi connectivity index (χ0) is 12.7. The highest BCUT2D eigenvalue weighted by molar-refractivity contribution is 7.08. The molecule has 3 amide bonds. The largest absolute Gasteiger partial charge is 0.337 e. The molecule has 0 atom stereocenters. The smallest absolute Gasteiger partial charge is 0.336 e. The fourth-order valence-electron chi connectivity index (χ4n) is 1.26. The lowest BCUT2D eigenvalue weighted by molar-refractivity contribution is 0.0827. The molecule has 6 heteroatoms. The van der Waals surface area contributed by atoms with Gasteiger partial charge in [-0.3, -0.25) is 10.2 Å². The third-order valence-corrected chi connectivity index (χ3v) is 2.72. The van der Waals surface area contributed by atoms with Crippen molar-refractivity contribution in [3.05, 3.63) is 22.4 Å². The van der Waals surface area contributed by atoms with Crippen molar-refractivity contribution >= 4 is 23.3 Å². The molecule has 0 aliphatic rings. The lowest BCUT2D eigenvalue weighted by Gasteiger charge is -2.22. The van der Waals surface area contributed by atoms with Crippen molar-refractivity contribution in [3.63, 3.8) is 0 Å². The molecule has 0 bridgehead atoms. The van der Waals surface area contributed by atoms with Gasteiger partial charge in [0.25, 0.3) is 5.91 Å². The van der Waals surface area contributed by atoms with Crippen LogP contribution in [0.5, 0.6) is 0 Å². The molecular formula is C11H17N3O2S. The number of nitrogens with one attached hydrogen (secondary N) is 2. The molecule has 94 valence electrons. The highest BCUT2D eigenvalue weighted by Crippen LogP contribution is 2.05. The lowest BCUT2D eigenvalue weighted by Crippen LogP contribution is -2.50. The van der Waals surface area contributed by atoms with E-state index in [0.29, 0.717) is 18.7 Å². The molecule has 1 aromatic rings. The van der Waals surface area contributed by atoms with Crippen LogP contribution in [-0.2, 0) is 0 Å². The molecule has 0 fully saturated rings.